The number of nitrogens with two attached hydrogens (primary N) is 1. The molecule has 0 aromatic rings. The Bertz CT molecular complexity index is 356. The molecule has 2 rings (SSSR count). The second-order valence-electron chi connectivity index (χ2n) is 6.10. The average Bonchev–Trinajstić information content (AvgIpc) is 2.69. The summed E-state index contributed by atoms with van der Waals surface area (Å²) in [4.78, 5) is 14.7. The number of hydrogen-bond donors (Lipinski definition) is 2. The lowest BCUT2D eigenvalue weighted by atomic mass is 9.87. The van der Waals surface area contributed by atoms with Crippen molar-refractivity contribution < 1.29 is 4.79 Å². The first-order chi connectivity index (χ1) is 8.42. The van der Waals surface area contributed by atoms with Crippen LogP contribution in [0.4, 0.5) is 0 Å². The van der Waals surface area contributed by atoms with Gasteiger partial charge in [-0.25, -0.2) is 0 Å². The number of amides is 1. The minimum absolute atomic E-state index is 0.0989. The Kier molecular flexibility index (Phi) is 3.92. The van der Waals surface area contributed by atoms with E-state index in [-0.39, 0.29) is 17.2 Å². The summed E-state index contributed by atoms with van der Waals surface area (Å²) in [5.41, 5.74) is 5.66. The van der Waals surface area contributed by atoms with Crippen LogP contribution in [0.25, 0.3) is 0 Å². The minimum Gasteiger partial charge on any atom is -0.393 e. The van der Waals surface area contributed by atoms with Crippen LogP contribution in [0.15, 0.2) is 0 Å². The van der Waals surface area contributed by atoms with Crippen LogP contribution in [0, 0.1) is 11.3 Å². The van der Waals surface area contributed by atoms with E-state index in [2.05, 4.69) is 24.1 Å². The molecule has 0 aliphatic carbocycles. The molecular formula is C13H23N3OS. The van der Waals surface area contributed by atoms with Gasteiger partial charge in [-0.1, -0.05) is 26.1 Å². The monoisotopic (exact) mass is 269 g/mol. The molecule has 2 saturated heterocycles. The van der Waals surface area contributed by atoms with Gasteiger partial charge in [0.15, 0.2) is 0 Å². The van der Waals surface area contributed by atoms with Gasteiger partial charge in [0.25, 0.3) is 0 Å². The first kappa shape index (κ1) is 13.7. The van der Waals surface area contributed by atoms with E-state index in [9.17, 15) is 4.79 Å². The summed E-state index contributed by atoms with van der Waals surface area (Å²) in [7, 11) is 0. The minimum atomic E-state index is -0.0989. The Labute approximate surface area is 114 Å². The Hall–Kier alpha value is -0.680. The Morgan fingerprint density at radius 1 is 1.61 bits per heavy atom. The SMILES string of the molecule is CC(C)(CCN1CCCC2C(=O)NCC21)C(N)=S. The molecule has 0 saturated carbocycles. The number of fused-ring (bicyclic) bond motifs is 1. The maximum absolute atomic E-state index is 11.7. The third-order valence-corrected chi connectivity index (χ3v) is 4.96. The molecule has 5 heteroatoms. The van der Waals surface area contributed by atoms with Crippen molar-refractivity contribution in [3.05, 3.63) is 0 Å². The van der Waals surface area contributed by atoms with Crippen molar-refractivity contribution >= 4 is 23.1 Å². The predicted molar refractivity (Wildman–Crippen MR) is 76.3 cm³/mol. The van der Waals surface area contributed by atoms with Gasteiger partial charge < -0.3 is 11.1 Å². The number of carbonyl (C=O) groups excluding carboxylic acids is 1. The molecule has 2 unspecified atom stereocenters. The summed E-state index contributed by atoms with van der Waals surface area (Å²) in [5, 5.41) is 2.98. The van der Waals surface area contributed by atoms with Gasteiger partial charge in [-0.15, -0.1) is 0 Å². The van der Waals surface area contributed by atoms with Crippen LogP contribution in [0.3, 0.4) is 0 Å². The molecule has 0 aromatic heterocycles. The van der Waals surface area contributed by atoms with Crippen LogP contribution < -0.4 is 11.1 Å². The number of piperidine rings is 1. The van der Waals surface area contributed by atoms with Crippen LogP contribution in [-0.4, -0.2) is 41.5 Å². The molecule has 2 heterocycles. The second-order valence-corrected chi connectivity index (χ2v) is 6.54. The van der Waals surface area contributed by atoms with Gasteiger partial charge in [0.05, 0.1) is 10.9 Å². The molecule has 1 amide bonds. The molecule has 18 heavy (non-hydrogen) atoms. The van der Waals surface area contributed by atoms with Crippen LogP contribution in [0.5, 0.6) is 0 Å². The maximum atomic E-state index is 11.7. The van der Waals surface area contributed by atoms with Gasteiger partial charge in [0.1, 0.15) is 0 Å². The van der Waals surface area contributed by atoms with Gasteiger partial charge in [-0.3, -0.25) is 9.69 Å². The number of thiocarbonyl (C=S) groups is 1. The predicted octanol–water partition coefficient (Wildman–Crippen LogP) is 0.899. The quantitative estimate of drug-likeness (QED) is 0.745. The highest BCUT2D eigenvalue weighted by Gasteiger charge is 2.40. The molecule has 2 atom stereocenters. The lowest BCUT2D eigenvalue weighted by Gasteiger charge is -2.37. The second kappa shape index (κ2) is 5.13. The number of carbonyl (C=O) groups is 1. The first-order valence-electron chi connectivity index (χ1n) is 6.73. The lowest BCUT2D eigenvalue weighted by Crippen LogP contribution is -2.47. The normalized spacial score (nSPS) is 28.9. The van der Waals surface area contributed by atoms with Gasteiger partial charge in [0, 0.05) is 18.0 Å². The maximum Gasteiger partial charge on any atom is 0.224 e. The van der Waals surface area contributed by atoms with E-state index in [0.717, 1.165) is 38.9 Å². The molecule has 4 nitrogen and oxygen atoms in total. The van der Waals surface area contributed by atoms with Crippen molar-refractivity contribution in [3.63, 3.8) is 0 Å². The smallest absolute Gasteiger partial charge is 0.224 e. The summed E-state index contributed by atoms with van der Waals surface area (Å²) in [5.74, 6) is 0.435. The molecule has 2 fully saturated rings. The van der Waals surface area contributed by atoms with Crippen LogP contribution >= 0.6 is 12.2 Å². The number of rotatable bonds is 4. The molecule has 102 valence electrons. The van der Waals surface area contributed by atoms with E-state index < -0.39 is 0 Å². The van der Waals surface area contributed by atoms with Crippen molar-refractivity contribution in [3.8, 4) is 0 Å². The van der Waals surface area contributed by atoms with Crippen molar-refractivity contribution in [1.82, 2.24) is 10.2 Å². The summed E-state index contributed by atoms with van der Waals surface area (Å²) in [6.07, 6.45) is 3.10. The van der Waals surface area contributed by atoms with E-state index in [1.807, 2.05) is 0 Å². The summed E-state index contributed by atoms with van der Waals surface area (Å²) >= 11 is 5.10. The highest BCUT2D eigenvalue weighted by atomic mass is 32.1. The van der Waals surface area contributed by atoms with Crippen LogP contribution in [-0.2, 0) is 4.79 Å². The molecule has 0 bridgehead atoms. The summed E-state index contributed by atoms with van der Waals surface area (Å²) in [6.45, 7) is 7.05. The summed E-state index contributed by atoms with van der Waals surface area (Å²) in [6, 6.07) is 0.383. The van der Waals surface area contributed by atoms with E-state index in [0.29, 0.717) is 11.0 Å². The van der Waals surface area contributed by atoms with E-state index in [1.165, 1.54) is 0 Å². The van der Waals surface area contributed by atoms with Crippen LogP contribution in [0.2, 0.25) is 0 Å². The Morgan fingerprint density at radius 2 is 2.33 bits per heavy atom. The molecule has 0 radical (unpaired) electrons. The number of likely N-dealkylation sites (tertiary alicyclic amines) is 1. The number of hydrogen-bond acceptors (Lipinski definition) is 3. The number of nitrogens with one attached hydrogen (secondary N) is 1. The van der Waals surface area contributed by atoms with E-state index in [4.69, 9.17) is 18.0 Å². The molecule has 3 N–H and O–H groups in total. The third-order valence-electron chi connectivity index (χ3n) is 4.41. The van der Waals surface area contributed by atoms with Gasteiger partial charge in [0.2, 0.25) is 5.91 Å². The Morgan fingerprint density at radius 3 is 3.00 bits per heavy atom. The fourth-order valence-electron chi connectivity index (χ4n) is 2.86. The largest absolute Gasteiger partial charge is 0.393 e. The standard InChI is InChI=1S/C13H23N3OS/c1-13(2,12(14)18)5-7-16-6-3-4-9-10(16)8-15-11(9)17/h9-10H,3-8H2,1-2H3,(H2,14,18)(H,15,17). The van der Waals surface area contributed by atoms with Crippen molar-refractivity contribution in [2.24, 2.45) is 17.1 Å². The molecule has 2 aliphatic rings. The molecule has 0 spiro atoms. The van der Waals surface area contributed by atoms with Gasteiger partial charge in [-0.05, 0) is 32.4 Å². The molecule has 2 aliphatic heterocycles. The zero-order valence-electron chi connectivity index (χ0n) is 11.2. The van der Waals surface area contributed by atoms with Crippen molar-refractivity contribution in [2.75, 3.05) is 19.6 Å². The van der Waals surface area contributed by atoms with Gasteiger partial charge >= 0.3 is 0 Å². The zero-order chi connectivity index (χ0) is 13.3. The zero-order valence-corrected chi connectivity index (χ0v) is 12.1. The first-order valence-corrected chi connectivity index (χ1v) is 7.14. The Balaban J connectivity index is 1.93. The lowest BCUT2D eigenvalue weighted by molar-refractivity contribution is -0.124. The fraction of sp³-hybridized carbons (Fsp3) is 0.846. The molecule has 0 aromatic carbocycles. The van der Waals surface area contributed by atoms with Crippen molar-refractivity contribution in [1.29, 1.82) is 0 Å². The van der Waals surface area contributed by atoms with Gasteiger partial charge in [-0.2, -0.15) is 0 Å². The van der Waals surface area contributed by atoms with Crippen LogP contribution in [0.1, 0.15) is 33.1 Å². The fourth-order valence-corrected chi connectivity index (χ4v) is 2.97. The third kappa shape index (κ3) is 2.67. The highest BCUT2D eigenvalue weighted by Crippen LogP contribution is 2.29. The topological polar surface area (TPSA) is 58.4 Å². The van der Waals surface area contributed by atoms with E-state index in [1.54, 1.807) is 0 Å². The van der Waals surface area contributed by atoms with E-state index >= 15 is 0 Å². The highest BCUT2D eigenvalue weighted by molar-refractivity contribution is 7.80. The van der Waals surface area contributed by atoms with Crippen molar-refractivity contribution in [2.45, 2.75) is 39.2 Å². The summed E-state index contributed by atoms with van der Waals surface area (Å²) < 4.78 is 0. The average molecular weight is 269 g/mol. The number of nitrogens with zero attached hydrogens (tertiary/aromatic N) is 1. The molecular weight excluding hydrogens is 246 g/mol.